The van der Waals surface area contributed by atoms with Gasteiger partial charge in [-0.15, -0.1) is 11.3 Å². The predicted molar refractivity (Wildman–Crippen MR) is 129 cm³/mol. The zero-order chi connectivity index (χ0) is 22.8. The topological polar surface area (TPSA) is 58.6 Å². The van der Waals surface area contributed by atoms with E-state index < -0.39 is 5.92 Å². The van der Waals surface area contributed by atoms with Crippen LogP contribution in [0.3, 0.4) is 0 Å². The van der Waals surface area contributed by atoms with Crippen molar-refractivity contribution in [3.63, 3.8) is 0 Å². The third-order valence-corrected chi connectivity index (χ3v) is 7.72. The molecule has 0 spiro atoms. The fraction of sp³-hybridized carbons (Fsp3) is 0.333. The predicted octanol–water partition coefficient (Wildman–Crippen LogP) is 4.87. The molecule has 0 saturated heterocycles. The Balaban J connectivity index is 1.55. The lowest BCUT2D eigenvalue weighted by molar-refractivity contribution is -0.125. The van der Waals surface area contributed by atoms with Gasteiger partial charge in [-0.25, -0.2) is 0 Å². The van der Waals surface area contributed by atoms with Gasteiger partial charge >= 0.3 is 0 Å². The van der Waals surface area contributed by atoms with Crippen LogP contribution in [0, 0.1) is 0 Å². The van der Waals surface area contributed by atoms with Gasteiger partial charge in [0.2, 0.25) is 5.91 Å². The van der Waals surface area contributed by atoms with E-state index in [0.717, 1.165) is 29.7 Å². The van der Waals surface area contributed by atoms with Crippen LogP contribution < -0.4 is 5.32 Å². The number of thiophene rings is 1. The monoisotopic (exact) mass is 460 g/mol. The van der Waals surface area contributed by atoms with E-state index in [0.29, 0.717) is 18.7 Å². The Kier molecular flexibility index (Phi) is 6.29. The minimum Gasteiger partial charge on any atom is -0.383 e. The van der Waals surface area contributed by atoms with Gasteiger partial charge in [0.1, 0.15) is 0 Å². The smallest absolute Gasteiger partial charge is 0.254 e. The summed E-state index contributed by atoms with van der Waals surface area (Å²) >= 11 is 1.58. The van der Waals surface area contributed by atoms with Gasteiger partial charge in [0.15, 0.2) is 0 Å². The van der Waals surface area contributed by atoms with Crippen LogP contribution in [0.25, 0.3) is 0 Å². The van der Waals surface area contributed by atoms with Gasteiger partial charge in [0, 0.05) is 24.1 Å². The Morgan fingerprint density at radius 1 is 1.09 bits per heavy atom. The summed E-state index contributed by atoms with van der Waals surface area (Å²) in [4.78, 5) is 30.3. The quantitative estimate of drug-likeness (QED) is 0.571. The summed E-state index contributed by atoms with van der Waals surface area (Å²) in [6.45, 7) is 0.850. The van der Waals surface area contributed by atoms with Crippen molar-refractivity contribution < 1.29 is 14.3 Å². The van der Waals surface area contributed by atoms with E-state index in [1.165, 1.54) is 11.1 Å². The molecule has 5 rings (SSSR count). The van der Waals surface area contributed by atoms with E-state index >= 15 is 0 Å². The molecule has 0 saturated carbocycles. The Morgan fingerprint density at radius 3 is 2.67 bits per heavy atom. The second-order valence-electron chi connectivity index (χ2n) is 8.67. The molecule has 0 bridgehead atoms. The fourth-order valence-electron chi connectivity index (χ4n) is 5.25. The molecular formula is C27H28N2O3S. The van der Waals surface area contributed by atoms with Gasteiger partial charge in [-0.3, -0.25) is 9.59 Å². The van der Waals surface area contributed by atoms with E-state index in [2.05, 4.69) is 23.5 Å². The maximum Gasteiger partial charge on any atom is 0.254 e. The normalized spacial score (nSPS) is 21.9. The number of hydrogen-bond donors (Lipinski definition) is 1. The number of carbonyl (C=O) groups is 2. The second-order valence-corrected chi connectivity index (χ2v) is 9.65. The average Bonchev–Trinajstić information content (AvgIpc) is 3.38. The first-order chi connectivity index (χ1) is 16.2. The van der Waals surface area contributed by atoms with E-state index in [1.54, 1.807) is 18.4 Å². The standard InChI is InChI=1S/C27H28N2O3S/c1-32-16-15-29-25(23-14-7-17-33-23)24(20-11-4-5-12-21(20)27(29)31)26(30)28-22-13-6-9-18-8-2-3-10-19(18)22/h2-5,7-8,10-12,14,17,22,24-25H,6,9,13,15-16H2,1H3,(H,28,30)/t22-,24-,25+/m0/s1. The van der Waals surface area contributed by atoms with Crippen LogP contribution in [0.4, 0.5) is 0 Å². The van der Waals surface area contributed by atoms with Crippen LogP contribution in [-0.4, -0.2) is 37.0 Å². The number of nitrogens with one attached hydrogen (secondary N) is 1. The lowest BCUT2D eigenvalue weighted by Crippen LogP contribution is -2.48. The Hall–Kier alpha value is -2.96. The molecule has 1 aromatic heterocycles. The van der Waals surface area contributed by atoms with Crippen molar-refractivity contribution in [1.29, 1.82) is 0 Å². The summed E-state index contributed by atoms with van der Waals surface area (Å²) in [5, 5.41) is 5.37. The van der Waals surface area contributed by atoms with Crippen molar-refractivity contribution in [3.8, 4) is 0 Å². The summed E-state index contributed by atoms with van der Waals surface area (Å²) < 4.78 is 5.31. The van der Waals surface area contributed by atoms with Gasteiger partial charge in [-0.1, -0.05) is 48.5 Å². The lowest BCUT2D eigenvalue weighted by Gasteiger charge is -2.41. The molecule has 170 valence electrons. The number of aryl methyl sites for hydroxylation is 1. The van der Waals surface area contributed by atoms with E-state index in [4.69, 9.17) is 4.74 Å². The van der Waals surface area contributed by atoms with Crippen LogP contribution in [0.2, 0.25) is 0 Å². The molecule has 1 N–H and O–H groups in total. The Bertz CT molecular complexity index is 1140. The van der Waals surface area contributed by atoms with Crippen molar-refractivity contribution in [3.05, 3.63) is 93.2 Å². The minimum absolute atomic E-state index is 0.0105. The van der Waals surface area contributed by atoms with Gasteiger partial charge in [-0.2, -0.15) is 0 Å². The number of carbonyl (C=O) groups excluding carboxylic acids is 2. The number of hydrogen-bond acceptors (Lipinski definition) is 4. The zero-order valence-corrected chi connectivity index (χ0v) is 19.5. The van der Waals surface area contributed by atoms with Crippen molar-refractivity contribution in [2.75, 3.05) is 20.3 Å². The first-order valence-corrected chi connectivity index (χ1v) is 12.4. The summed E-state index contributed by atoms with van der Waals surface area (Å²) in [6.07, 6.45) is 3.02. The van der Waals surface area contributed by atoms with Gasteiger partial charge in [0.05, 0.1) is 24.6 Å². The largest absolute Gasteiger partial charge is 0.383 e. The molecule has 0 unspecified atom stereocenters. The summed E-state index contributed by atoms with van der Waals surface area (Å²) in [5.41, 5.74) is 3.92. The SMILES string of the molecule is COCCN1C(=O)c2ccccc2[C@H](C(=O)N[C@H]2CCCc3ccccc32)[C@H]1c1cccs1. The molecule has 6 heteroatoms. The van der Waals surface area contributed by atoms with Crippen LogP contribution in [0.1, 0.15) is 62.8 Å². The average molecular weight is 461 g/mol. The van der Waals surface area contributed by atoms with Crippen molar-refractivity contribution in [2.45, 2.75) is 37.3 Å². The summed E-state index contributed by atoms with van der Waals surface area (Å²) in [6, 6.07) is 19.6. The third kappa shape index (κ3) is 4.09. The van der Waals surface area contributed by atoms with Crippen molar-refractivity contribution >= 4 is 23.2 Å². The maximum atomic E-state index is 14.0. The summed E-state index contributed by atoms with van der Waals surface area (Å²) in [7, 11) is 1.63. The molecule has 3 aromatic rings. The van der Waals surface area contributed by atoms with Gasteiger partial charge in [0.25, 0.3) is 5.91 Å². The van der Waals surface area contributed by atoms with Gasteiger partial charge < -0.3 is 15.0 Å². The highest BCUT2D eigenvalue weighted by Gasteiger charge is 2.45. The van der Waals surface area contributed by atoms with Crippen LogP contribution >= 0.6 is 11.3 Å². The highest BCUT2D eigenvalue weighted by Crippen LogP contribution is 2.44. The van der Waals surface area contributed by atoms with Crippen LogP contribution in [0.15, 0.2) is 66.0 Å². The molecule has 2 heterocycles. The summed E-state index contributed by atoms with van der Waals surface area (Å²) in [5.74, 6) is -0.561. The van der Waals surface area contributed by atoms with E-state index in [-0.39, 0.29) is 23.9 Å². The molecule has 2 aromatic carbocycles. The number of methoxy groups -OCH3 is 1. The first-order valence-electron chi connectivity index (χ1n) is 11.5. The van der Waals surface area contributed by atoms with Crippen molar-refractivity contribution in [2.24, 2.45) is 0 Å². The minimum atomic E-state index is -0.483. The van der Waals surface area contributed by atoms with Crippen LogP contribution in [0.5, 0.6) is 0 Å². The molecule has 2 amide bonds. The van der Waals surface area contributed by atoms with Crippen molar-refractivity contribution in [1.82, 2.24) is 10.2 Å². The molecule has 5 nitrogen and oxygen atoms in total. The van der Waals surface area contributed by atoms with Crippen LogP contribution in [-0.2, 0) is 16.0 Å². The lowest BCUT2D eigenvalue weighted by atomic mass is 9.80. The Morgan fingerprint density at radius 2 is 1.88 bits per heavy atom. The first kappa shape index (κ1) is 21.9. The third-order valence-electron chi connectivity index (χ3n) is 6.78. The highest BCUT2D eigenvalue weighted by molar-refractivity contribution is 7.10. The molecule has 0 radical (unpaired) electrons. The number of amides is 2. The molecule has 0 fully saturated rings. The number of fused-ring (bicyclic) bond motifs is 2. The molecule has 1 aliphatic heterocycles. The van der Waals surface area contributed by atoms with Gasteiger partial charge in [-0.05, 0) is 53.5 Å². The highest BCUT2D eigenvalue weighted by atomic mass is 32.1. The van der Waals surface area contributed by atoms with E-state index in [1.807, 2.05) is 52.7 Å². The maximum absolute atomic E-state index is 14.0. The second kappa shape index (κ2) is 9.49. The Labute approximate surface area is 198 Å². The number of ether oxygens (including phenoxy) is 1. The molecule has 1 aliphatic carbocycles. The number of benzene rings is 2. The zero-order valence-electron chi connectivity index (χ0n) is 18.7. The fourth-order valence-corrected chi connectivity index (χ4v) is 6.13. The molecule has 33 heavy (non-hydrogen) atoms. The molecule has 3 atom stereocenters. The van der Waals surface area contributed by atoms with E-state index in [9.17, 15) is 9.59 Å². The number of nitrogens with zero attached hydrogens (tertiary/aromatic N) is 1. The molecular weight excluding hydrogens is 432 g/mol. The molecule has 2 aliphatic rings. The number of rotatable bonds is 6.